The molecule has 10 aromatic rings. The number of aliphatic hydroxyl groups is 1. The average molecular weight is 1590 g/mol. The first kappa shape index (κ1) is 85.2. The number of para-hydroxylation sites is 7. The number of aryl methyl sites for hydroxylation is 3. The minimum Gasteiger partial charge on any atom is -0.464 e. The number of likely N-dealkylation sites (N-methyl/N-ethyl adjacent to an activating group) is 4. The van der Waals surface area contributed by atoms with E-state index in [0.717, 1.165) is 67.8 Å². The van der Waals surface area contributed by atoms with Crippen molar-refractivity contribution in [2.45, 2.75) is 188 Å². The second-order valence-electron chi connectivity index (χ2n) is 35.0. The van der Waals surface area contributed by atoms with E-state index in [0.29, 0.717) is 19.6 Å². The predicted octanol–water partition coefficient (Wildman–Crippen LogP) is 23.7. The number of hydrogen-bond acceptors (Lipinski definition) is 13. The quantitative estimate of drug-likeness (QED) is 0.165. The van der Waals surface area contributed by atoms with Crippen LogP contribution < -0.4 is 48.2 Å². The van der Waals surface area contributed by atoms with E-state index in [4.69, 9.17) is 28.4 Å². The van der Waals surface area contributed by atoms with Crippen molar-refractivity contribution in [2.75, 3.05) is 65.8 Å². The van der Waals surface area contributed by atoms with E-state index < -0.39 is 28.6 Å². The summed E-state index contributed by atoms with van der Waals surface area (Å²) >= 11 is 0. The van der Waals surface area contributed by atoms with Crippen LogP contribution in [0.25, 0.3) is 30.4 Å². The molecule has 5 spiro atoms. The lowest BCUT2D eigenvalue weighted by Crippen LogP contribution is -2.60. The van der Waals surface area contributed by atoms with Crippen LogP contribution in [0, 0.1) is 20.8 Å². The van der Waals surface area contributed by atoms with Crippen LogP contribution >= 0.6 is 0 Å². The summed E-state index contributed by atoms with van der Waals surface area (Å²) in [5.74, 6) is 4.35. The first-order valence-electron chi connectivity index (χ1n) is 40.8. The Morgan fingerprint density at radius 3 is 1.02 bits per heavy atom. The molecule has 119 heavy (non-hydrogen) atoms. The maximum atomic E-state index is 11.6. The molecule has 0 amide bonds. The zero-order valence-corrected chi connectivity index (χ0v) is 70.4. The Bertz CT molecular complexity index is 5550. The molecule has 0 aromatic heterocycles. The molecule has 0 aliphatic carbocycles. The van der Waals surface area contributed by atoms with Crippen molar-refractivity contribution in [3.05, 3.63) is 327 Å². The van der Waals surface area contributed by atoms with Crippen LogP contribution in [0.2, 0.25) is 0 Å². The highest BCUT2D eigenvalue weighted by Gasteiger charge is 2.63. The summed E-state index contributed by atoms with van der Waals surface area (Å²) < 4.78 is 38.4. The van der Waals surface area contributed by atoms with Crippen molar-refractivity contribution in [1.29, 1.82) is 0 Å². The third kappa shape index (κ3) is 13.1. The van der Waals surface area contributed by atoms with E-state index in [1.807, 2.05) is 55.5 Å². The normalized spacial score (nSPS) is 22.8. The Morgan fingerprint density at radius 2 is 0.639 bits per heavy atom. The monoisotopic (exact) mass is 1590 g/mol. The van der Waals surface area contributed by atoms with Gasteiger partial charge in [0.05, 0.1) is 40.2 Å². The molecule has 5 atom stereocenters. The van der Waals surface area contributed by atoms with Crippen LogP contribution in [0.4, 0.5) is 28.4 Å². The fraction of sp³-hybridized carbons (Fsp3) is 0.330. The fourth-order valence-corrected chi connectivity index (χ4v) is 19.9. The Morgan fingerprint density at radius 1 is 0.345 bits per heavy atom. The number of ether oxygens (including phenoxy) is 6. The molecule has 13 nitrogen and oxygen atoms in total. The summed E-state index contributed by atoms with van der Waals surface area (Å²) in [7, 11) is 8.44. The van der Waals surface area contributed by atoms with Gasteiger partial charge in [0.25, 0.3) is 0 Å². The van der Waals surface area contributed by atoms with Gasteiger partial charge in [0, 0.05) is 96.4 Å². The number of esters is 1. The summed E-state index contributed by atoms with van der Waals surface area (Å²) in [6.45, 7) is 31.4. The van der Waals surface area contributed by atoms with Gasteiger partial charge in [-0.05, 0) is 251 Å². The van der Waals surface area contributed by atoms with Crippen molar-refractivity contribution < 1.29 is 38.3 Å². The highest BCUT2D eigenvalue weighted by atomic mass is 16.5. The lowest BCUT2D eigenvalue weighted by Gasteiger charge is -2.47. The molecule has 0 unspecified atom stereocenters. The van der Waals surface area contributed by atoms with Crippen molar-refractivity contribution >= 4 is 64.8 Å². The molecule has 20 rings (SSSR count). The molecule has 1 N–H and O–H groups in total. The van der Waals surface area contributed by atoms with Gasteiger partial charge in [-0.15, -0.1) is 0 Å². The Kier molecular flexibility index (Phi) is 22.4. The van der Waals surface area contributed by atoms with Crippen molar-refractivity contribution in [2.24, 2.45) is 0 Å². The van der Waals surface area contributed by atoms with Crippen molar-refractivity contribution in [3.8, 4) is 28.7 Å². The maximum absolute atomic E-state index is 11.6. The van der Waals surface area contributed by atoms with Gasteiger partial charge in [-0.1, -0.05) is 191 Å². The van der Waals surface area contributed by atoms with Gasteiger partial charge in [0.1, 0.15) is 35.4 Å². The number of anilines is 5. The minimum absolute atomic E-state index is 0. The Balaban J connectivity index is 0.000000128. The molecule has 0 bridgehead atoms. The van der Waals surface area contributed by atoms with Gasteiger partial charge in [-0.2, -0.15) is 0 Å². The molecule has 0 radical (unpaired) electrons. The number of hydrogen-bond donors (Lipinski definition) is 1. The summed E-state index contributed by atoms with van der Waals surface area (Å²) in [6.07, 6.45) is 22.2. The van der Waals surface area contributed by atoms with Gasteiger partial charge in [0.15, 0.2) is 0 Å². The predicted molar refractivity (Wildman–Crippen MR) is 494 cm³/mol. The third-order valence-corrected chi connectivity index (χ3v) is 26.8. The van der Waals surface area contributed by atoms with Crippen LogP contribution in [-0.2, 0) is 43.2 Å². The van der Waals surface area contributed by atoms with E-state index in [-0.39, 0.29) is 61.9 Å². The number of fused-ring (bicyclic) bond motifs is 10. The zero-order valence-electron chi connectivity index (χ0n) is 70.4. The number of rotatable bonds is 5. The fourth-order valence-electron chi connectivity index (χ4n) is 19.9. The number of aliphatic hydroxyl groups excluding tert-OH is 1. The Labute approximate surface area is 708 Å². The zero-order chi connectivity index (χ0) is 81.9. The maximum Gasteiger partial charge on any atom is 0.305 e. The van der Waals surface area contributed by atoms with Gasteiger partial charge >= 0.3 is 5.97 Å². The van der Waals surface area contributed by atoms with Crippen LogP contribution in [0.3, 0.4) is 0 Å². The lowest BCUT2D eigenvalue weighted by molar-refractivity contribution is -0.143. The van der Waals surface area contributed by atoms with Crippen LogP contribution in [0.1, 0.15) is 183 Å². The highest BCUT2D eigenvalue weighted by Crippen LogP contribution is 2.60. The van der Waals surface area contributed by atoms with Gasteiger partial charge in [-0.25, -0.2) is 0 Å². The summed E-state index contributed by atoms with van der Waals surface area (Å²) in [5.41, 5.74) is 19.1. The number of carbonyl (C=O) groups excluding carboxylic acids is 1. The van der Waals surface area contributed by atoms with E-state index in [1.54, 1.807) is 0 Å². The molecule has 13 heteroatoms. The molecular weight excluding hydrogens is 1470 g/mol. The highest BCUT2D eigenvalue weighted by molar-refractivity contribution is 5.79. The molecule has 0 fully saturated rings. The van der Waals surface area contributed by atoms with E-state index in [9.17, 15) is 9.90 Å². The summed E-state index contributed by atoms with van der Waals surface area (Å²) in [5, 5.41) is 9.68. The lowest BCUT2D eigenvalue weighted by atomic mass is 9.76. The van der Waals surface area contributed by atoms with Crippen molar-refractivity contribution in [1.82, 2.24) is 0 Å². The van der Waals surface area contributed by atoms with Gasteiger partial charge in [-0.3, -0.25) is 4.79 Å². The first-order valence-corrected chi connectivity index (χ1v) is 40.8. The van der Waals surface area contributed by atoms with Gasteiger partial charge < -0.3 is 58.0 Å². The van der Waals surface area contributed by atoms with Crippen LogP contribution in [0.5, 0.6) is 28.7 Å². The SMILES string of the molecule is C.C.C.CCC(=O)OCCN1c2ccccc2C(C)(C)[C@]12C=Cc1cc(C)ccc1O2.CN1c2ccccc2C(C)(C)[C@]12C=Cc1cccc(CO)c1O2.CN1c2ccccc2C(C)(C)[C@]12C=Cc1ccccc1O2.Cc1ccc2c(c1)C=C[C@]1(O2)N(C)c2ccccc2C1(C)C.Cc1ccc2c(c1)C=C[C@]1(O2)N(C)c2ccccc2C1(C)C. The van der Waals surface area contributed by atoms with Gasteiger partial charge in [0.2, 0.25) is 28.6 Å². The standard InChI is InChI=1S/C24H27NO3.C20H21NO2.2C20H21NO.C19H19NO.3CH4/c1-5-22(26)27-15-14-25-20-9-7-6-8-19(20)23(3,4)24(25)13-12-18-16-17(2)10-11-21(18)28-24;1-19(2)16-9-4-5-10-17(16)21(3)20(19)12-11-14-7-6-8-15(13-22)18(14)23-20;2*1-14-9-10-18-15(13-14)11-12-20(22-18)19(2,3)16-7-5-6-8-17(16)21(20)4;1-18(2)15-9-5-6-10-16(15)20(3)19(18)13-12-14-8-4-7-11-17(14)21-19;;;/h6-13,16H,5,14-15H2,1-4H3;4-12,22H,13H2,1-3H3;2*5-13H,1-4H3;4-13H,1-3H3;3*1H4/t24-;3*20-;19-;;;/m11111.../s1. The number of nitrogens with zero attached hydrogens (tertiary/aromatic N) is 5. The molecule has 10 aliphatic rings. The summed E-state index contributed by atoms with van der Waals surface area (Å²) in [6, 6.07) is 75.7. The van der Waals surface area contributed by atoms with E-state index in [1.165, 1.54) is 67.3 Å². The number of carbonyl (C=O) groups is 1. The second kappa shape index (κ2) is 31.2. The third-order valence-electron chi connectivity index (χ3n) is 26.8. The molecule has 0 saturated heterocycles. The molecule has 10 aromatic carbocycles. The number of benzene rings is 10. The average Bonchev–Trinajstić information content (AvgIpc) is 1.58. The first-order chi connectivity index (χ1) is 55.4. The van der Waals surface area contributed by atoms with Crippen LogP contribution in [-0.4, -0.2) is 81.0 Å². The molecular formula is C106H121N5O8. The largest absolute Gasteiger partial charge is 0.464 e. The molecule has 618 valence electrons. The molecule has 10 heterocycles. The topological polar surface area (TPSA) is 109 Å². The smallest absolute Gasteiger partial charge is 0.305 e. The summed E-state index contributed by atoms with van der Waals surface area (Å²) in [4.78, 5) is 22.9. The Hall–Kier alpha value is -11.7. The minimum atomic E-state index is -0.669. The molecule has 10 aliphatic heterocycles. The van der Waals surface area contributed by atoms with E-state index in [2.05, 4.69) is 373 Å². The van der Waals surface area contributed by atoms with Crippen molar-refractivity contribution in [3.63, 3.8) is 0 Å². The van der Waals surface area contributed by atoms with Crippen LogP contribution in [0.15, 0.2) is 249 Å². The molecule has 0 saturated carbocycles. The second-order valence-corrected chi connectivity index (χ2v) is 35.0. The van der Waals surface area contributed by atoms with E-state index >= 15 is 0 Å².